The second-order valence-electron chi connectivity index (χ2n) is 14.3. The van der Waals surface area contributed by atoms with E-state index in [0.29, 0.717) is 19.3 Å². The number of allylic oxidation sites excluding steroid dienone is 18. The molecule has 57 heavy (non-hydrogen) atoms. The van der Waals surface area contributed by atoms with Crippen LogP contribution in [0.15, 0.2) is 109 Å². The normalized spacial score (nSPS) is 13.1. The molecule has 0 saturated heterocycles. The van der Waals surface area contributed by atoms with Crippen LogP contribution in [0.2, 0.25) is 0 Å². The molecule has 0 heterocycles. The molecule has 0 radical (unpaired) electrons. The van der Waals surface area contributed by atoms with Gasteiger partial charge < -0.3 is 14.2 Å². The van der Waals surface area contributed by atoms with Gasteiger partial charge in [-0.25, -0.2) is 0 Å². The van der Waals surface area contributed by atoms with E-state index >= 15 is 0 Å². The molecule has 0 aliphatic heterocycles. The summed E-state index contributed by atoms with van der Waals surface area (Å²) in [4.78, 5) is 37.6. The molecule has 1 unspecified atom stereocenters. The quantitative estimate of drug-likeness (QED) is 0.0204. The van der Waals surface area contributed by atoms with Gasteiger partial charge in [-0.3, -0.25) is 14.4 Å². The monoisotopic (exact) mass is 789 g/mol. The lowest BCUT2D eigenvalue weighted by Crippen LogP contribution is -2.30. The summed E-state index contributed by atoms with van der Waals surface area (Å²) in [5.74, 6) is -1.07. The van der Waals surface area contributed by atoms with Gasteiger partial charge in [0.1, 0.15) is 13.2 Å². The first kappa shape index (κ1) is 53.1. The van der Waals surface area contributed by atoms with Gasteiger partial charge >= 0.3 is 17.9 Å². The molecule has 0 spiro atoms. The highest BCUT2D eigenvalue weighted by atomic mass is 16.6. The van der Waals surface area contributed by atoms with Gasteiger partial charge in [0.15, 0.2) is 6.10 Å². The Balaban J connectivity index is 4.58. The van der Waals surface area contributed by atoms with Crippen LogP contribution in [0, 0.1) is 0 Å². The van der Waals surface area contributed by atoms with Crippen molar-refractivity contribution in [1.82, 2.24) is 0 Å². The van der Waals surface area contributed by atoms with Gasteiger partial charge in [-0.15, -0.1) is 0 Å². The number of carbonyl (C=O) groups excluding carboxylic acids is 3. The number of carbonyl (C=O) groups is 3. The Hall–Kier alpha value is -3.93. The SMILES string of the molecule is CC\C=C/C=C\C=C/C=C\C=C/CCCC(=O)OC(COC(=O)CCC/C=C\C/C=C\C/C=C\C/C=C\CCCCC)COC(=O)CCCCCCCCCCC. The van der Waals surface area contributed by atoms with E-state index in [1.165, 1.54) is 64.2 Å². The summed E-state index contributed by atoms with van der Waals surface area (Å²) in [6.07, 6.45) is 59.4. The third-order valence-electron chi connectivity index (χ3n) is 8.89. The van der Waals surface area contributed by atoms with Gasteiger partial charge in [0.25, 0.3) is 0 Å². The Morgan fingerprint density at radius 2 is 0.772 bits per heavy atom. The Labute approximate surface area is 349 Å². The lowest BCUT2D eigenvalue weighted by Gasteiger charge is -2.18. The minimum Gasteiger partial charge on any atom is -0.462 e. The zero-order chi connectivity index (χ0) is 41.5. The van der Waals surface area contributed by atoms with E-state index in [9.17, 15) is 14.4 Å². The average molecular weight is 789 g/mol. The summed E-state index contributed by atoms with van der Waals surface area (Å²) in [6, 6.07) is 0. The van der Waals surface area contributed by atoms with Crippen molar-refractivity contribution >= 4 is 17.9 Å². The zero-order valence-electron chi connectivity index (χ0n) is 36.3. The van der Waals surface area contributed by atoms with Crippen LogP contribution in [0.5, 0.6) is 0 Å². The van der Waals surface area contributed by atoms with E-state index in [-0.39, 0.29) is 38.0 Å². The largest absolute Gasteiger partial charge is 0.462 e. The maximum Gasteiger partial charge on any atom is 0.306 e. The molecule has 6 nitrogen and oxygen atoms in total. The molecule has 6 heteroatoms. The first-order valence-corrected chi connectivity index (χ1v) is 22.5. The highest BCUT2D eigenvalue weighted by Gasteiger charge is 2.19. The summed E-state index contributed by atoms with van der Waals surface area (Å²) < 4.78 is 16.6. The van der Waals surface area contributed by atoms with Crippen molar-refractivity contribution in [3.8, 4) is 0 Å². The number of ether oxygens (including phenoxy) is 3. The van der Waals surface area contributed by atoms with Crippen molar-refractivity contribution in [2.75, 3.05) is 13.2 Å². The minimum atomic E-state index is -0.834. The fourth-order valence-corrected chi connectivity index (χ4v) is 5.52. The molecule has 0 amide bonds. The summed E-state index contributed by atoms with van der Waals surface area (Å²) in [6.45, 7) is 6.30. The highest BCUT2D eigenvalue weighted by molar-refractivity contribution is 5.71. The van der Waals surface area contributed by atoms with E-state index in [1.807, 2.05) is 54.7 Å². The van der Waals surface area contributed by atoms with E-state index < -0.39 is 12.1 Å². The van der Waals surface area contributed by atoms with Crippen molar-refractivity contribution in [3.05, 3.63) is 109 Å². The molecular weight excluding hydrogens is 709 g/mol. The van der Waals surface area contributed by atoms with E-state index in [2.05, 4.69) is 75.5 Å². The third-order valence-corrected chi connectivity index (χ3v) is 8.89. The molecule has 320 valence electrons. The van der Waals surface area contributed by atoms with Crippen molar-refractivity contribution in [3.63, 3.8) is 0 Å². The van der Waals surface area contributed by atoms with Crippen molar-refractivity contribution in [1.29, 1.82) is 0 Å². The van der Waals surface area contributed by atoms with Crippen molar-refractivity contribution in [2.24, 2.45) is 0 Å². The maximum absolute atomic E-state index is 12.7. The van der Waals surface area contributed by atoms with Crippen LogP contribution in [0.25, 0.3) is 0 Å². The molecular formula is C51H80O6. The van der Waals surface area contributed by atoms with Gasteiger partial charge in [-0.1, -0.05) is 194 Å². The zero-order valence-corrected chi connectivity index (χ0v) is 36.3. The van der Waals surface area contributed by atoms with Crippen LogP contribution in [0.3, 0.4) is 0 Å². The Morgan fingerprint density at radius 1 is 0.386 bits per heavy atom. The smallest absolute Gasteiger partial charge is 0.306 e. The predicted octanol–water partition coefficient (Wildman–Crippen LogP) is 14.4. The van der Waals surface area contributed by atoms with E-state index in [4.69, 9.17) is 14.2 Å². The second-order valence-corrected chi connectivity index (χ2v) is 14.3. The summed E-state index contributed by atoms with van der Waals surface area (Å²) in [5, 5.41) is 0. The van der Waals surface area contributed by atoms with Crippen LogP contribution in [0.1, 0.15) is 175 Å². The Kier molecular flexibility index (Phi) is 41.7. The molecule has 0 N–H and O–H groups in total. The first-order chi connectivity index (χ1) is 28.0. The van der Waals surface area contributed by atoms with Crippen LogP contribution in [-0.4, -0.2) is 37.2 Å². The van der Waals surface area contributed by atoms with Gasteiger partial charge in [0.05, 0.1) is 0 Å². The van der Waals surface area contributed by atoms with E-state index in [1.54, 1.807) is 0 Å². The molecule has 1 atom stereocenters. The number of hydrogen-bond acceptors (Lipinski definition) is 6. The fourth-order valence-electron chi connectivity index (χ4n) is 5.52. The Morgan fingerprint density at radius 3 is 1.30 bits per heavy atom. The van der Waals surface area contributed by atoms with E-state index in [0.717, 1.165) is 57.8 Å². The van der Waals surface area contributed by atoms with Crippen LogP contribution in [-0.2, 0) is 28.6 Å². The molecule has 0 rings (SSSR count). The third kappa shape index (κ3) is 43.0. The lowest BCUT2D eigenvalue weighted by atomic mass is 10.1. The maximum atomic E-state index is 12.7. The van der Waals surface area contributed by atoms with Gasteiger partial charge in [0, 0.05) is 19.3 Å². The van der Waals surface area contributed by atoms with Crippen molar-refractivity contribution < 1.29 is 28.6 Å². The molecule has 0 aliphatic rings. The average Bonchev–Trinajstić information content (AvgIpc) is 3.21. The minimum absolute atomic E-state index is 0.125. The van der Waals surface area contributed by atoms with Crippen LogP contribution >= 0.6 is 0 Å². The molecule has 0 bridgehead atoms. The van der Waals surface area contributed by atoms with Crippen LogP contribution < -0.4 is 0 Å². The number of esters is 3. The number of rotatable bonds is 38. The Bertz CT molecular complexity index is 1230. The van der Waals surface area contributed by atoms with Gasteiger partial charge in [-0.2, -0.15) is 0 Å². The molecule has 0 aromatic carbocycles. The van der Waals surface area contributed by atoms with Crippen LogP contribution in [0.4, 0.5) is 0 Å². The summed E-state index contributed by atoms with van der Waals surface area (Å²) in [5.41, 5.74) is 0. The molecule has 0 aliphatic carbocycles. The predicted molar refractivity (Wildman–Crippen MR) is 242 cm³/mol. The standard InChI is InChI=1S/C51H80O6/c1-4-7-10-13-16-19-21-23-24-25-26-28-29-32-35-38-41-44-50(53)56-47-48(46-55-49(52)43-40-37-34-31-18-15-12-9-6-3)57-51(54)45-42-39-36-33-30-27-22-20-17-14-11-8-5-2/h8,11,14,16-17,19-20,22-24,26-28,30,32-33,35-36,48H,4-7,9-10,12-13,15,18,21,25,29,31,34,37-47H2,1-3H3/b11-8-,17-14-,19-16-,22-20-,24-23-,28-26-,30-27-,35-32-,36-33-. The summed E-state index contributed by atoms with van der Waals surface area (Å²) in [7, 11) is 0. The highest BCUT2D eigenvalue weighted by Crippen LogP contribution is 2.12. The molecule has 0 aromatic heterocycles. The topological polar surface area (TPSA) is 78.9 Å². The number of unbranched alkanes of at least 4 members (excludes halogenated alkanes) is 13. The van der Waals surface area contributed by atoms with Gasteiger partial charge in [-0.05, 0) is 70.6 Å². The molecule has 0 fully saturated rings. The molecule has 0 saturated carbocycles. The fraction of sp³-hybridized carbons (Fsp3) is 0.588. The number of hydrogen-bond donors (Lipinski definition) is 0. The summed E-state index contributed by atoms with van der Waals surface area (Å²) >= 11 is 0. The first-order valence-electron chi connectivity index (χ1n) is 22.5. The molecule has 0 aromatic rings. The van der Waals surface area contributed by atoms with Gasteiger partial charge in [0.2, 0.25) is 0 Å². The second kappa shape index (κ2) is 44.8. The lowest BCUT2D eigenvalue weighted by molar-refractivity contribution is -0.167. The van der Waals surface area contributed by atoms with Crippen molar-refractivity contribution in [2.45, 2.75) is 181 Å².